The molecule has 0 heterocycles. The Hall–Kier alpha value is -2.11. The average molecular weight is 280 g/mol. The van der Waals surface area contributed by atoms with Crippen LogP contribution in [0.4, 0.5) is 4.39 Å². The number of hydrogen-bond donors (Lipinski definition) is 2. The summed E-state index contributed by atoms with van der Waals surface area (Å²) in [4.78, 5) is 17.0. The molecule has 6 heteroatoms. The van der Waals surface area contributed by atoms with Gasteiger partial charge in [0.25, 0.3) is 0 Å². The van der Waals surface area contributed by atoms with Crippen LogP contribution in [0.5, 0.6) is 0 Å². The van der Waals surface area contributed by atoms with Crippen molar-refractivity contribution in [3.05, 3.63) is 35.6 Å². The summed E-state index contributed by atoms with van der Waals surface area (Å²) in [5.41, 5.74) is 0.957. The van der Waals surface area contributed by atoms with E-state index in [-0.39, 0.29) is 11.7 Å². The summed E-state index contributed by atoms with van der Waals surface area (Å²) in [6, 6.07) is 6.27. The number of halogens is 1. The summed E-state index contributed by atoms with van der Waals surface area (Å²) in [7, 11) is 5.11. The summed E-state index contributed by atoms with van der Waals surface area (Å²) in [5.74, 6) is 0.422. The minimum absolute atomic E-state index is 0.0616. The third-order valence-electron chi connectivity index (χ3n) is 2.73. The second-order valence-corrected chi connectivity index (χ2v) is 4.52. The number of nitrogens with one attached hydrogen (secondary N) is 2. The quantitative estimate of drug-likeness (QED) is 0.624. The van der Waals surface area contributed by atoms with Gasteiger partial charge in [-0.05, 0) is 17.7 Å². The first kappa shape index (κ1) is 15.9. The lowest BCUT2D eigenvalue weighted by molar-refractivity contribution is -0.128. The molecular weight excluding hydrogens is 259 g/mol. The molecule has 0 saturated heterocycles. The van der Waals surface area contributed by atoms with Crippen LogP contribution in [0.15, 0.2) is 29.3 Å². The second-order valence-electron chi connectivity index (χ2n) is 4.52. The zero-order valence-corrected chi connectivity index (χ0v) is 12.1. The lowest BCUT2D eigenvalue weighted by Crippen LogP contribution is -2.38. The zero-order valence-electron chi connectivity index (χ0n) is 12.1. The molecule has 0 unspecified atom stereocenters. The Bertz CT molecular complexity index is 457. The molecule has 20 heavy (non-hydrogen) atoms. The van der Waals surface area contributed by atoms with Gasteiger partial charge in [-0.1, -0.05) is 12.1 Å². The molecule has 5 nitrogen and oxygen atoms in total. The van der Waals surface area contributed by atoms with Crippen LogP contribution in [-0.2, 0) is 11.3 Å². The summed E-state index contributed by atoms with van der Waals surface area (Å²) < 4.78 is 12.8. The molecule has 0 spiro atoms. The van der Waals surface area contributed by atoms with Gasteiger partial charge in [0.05, 0.1) is 0 Å². The van der Waals surface area contributed by atoms with Gasteiger partial charge >= 0.3 is 0 Å². The monoisotopic (exact) mass is 280 g/mol. The number of hydrogen-bond acceptors (Lipinski definition) is 2. The molecule has 0 aliphatic heterocycles. The maximum atomic E-state index is 12.8. The first-order valence-electron chi connectivity index (χ1n) is 6.42. The standard InChI is InChI=1S/C14H21FN4O/c1-16-14(17-9-8-13(20)19(2)3)18-10-11-4-6-12(15)7-5-11/h4-7H,8-10H2,1-3H3,(H2,16,17,18). The highest BCUT2D eigenvalue weighted by molar-refractivity contribution is 5.81. The largest absolute Gasteiger partial charge is 0.356 e. The zero-order chi connectivity index (χ0) is 15.0. The molecule has 1 aromatic rings. The van der Waals surface area contributed by atoms with E-state index in [0.29, 0.717) is 25.5 Å². The maximum Gasteiger partial charge on any atom is 0.223 e. The Labute approximate surface area is 118 Å². The number of guanidine groups is 1. The van der Waals surface area contributed by atoms with Crippen LogP contribution >= 0.6 is 0 Å². The molecule has 2 N–H and O–H groups in total. The molecule has 0 saturated carbocycles. The molecule has 0 fully saturated rings. The van der Waals surface area contributed by atoms with E-state index in [1.54, 1.807) is 38.2 Å². The summed E-state index contributed by atoms with van der Waals surface area (Å²) in [5, 5.41) is 6.15. The van der Waals surface area contributed by atoms with Crippen molar-refractivity contribution in [2.75, 3.05) is 27.7 Å². The Morgan fingerprint density at radius 1 is 1.25 bits per heavy atom. The van der Waals surface area contributed by atoms with Gasteiger partial charge in [-0.25, -0.2) is 4.39 Å². The fourth-order valence-corrected chi connectivity index (χ4v) is 1.52. The van der Waals surface area contributed by atoms with E-state index in [2.05, 4.69) is 15.6 Å². The van der Waals surface area contributed by atoms with E-state index in [1.807, 2.05) is 0 Å². The molecule has 1 aromatic carbocycles. The lowest BCUT2D eigenvalue weighted by atomic mass is 10.2. The van der Waals surface area contributed by atoms with E-state index in [0.717, 1.165) is 5.56 Å². The smallest absolute Gasteiger partial charge is 0.223 e. The average Bonchev–Trinajstić information content (AvgIpc) is 2.44. The van der Waals surface area contributed by atoms with Crippen LogP contribution in [0.25, 0.3) is 0 Å². The predicted molar refractivity (Wildman–Crippen MR) is 77.9 cm³/mol. The van der Waals surface area contributed by atoms with E-state index in [9.17, 15) is 9.18 Å². The number of benzene rings is 1. The van der Waals surface area contributed by atoms with Crippen LogP contribution in [0.1, 0.15) is 12.0 Å². The fourth-order valence-electron chi connectivity index (χ4n) is 1.52. The first-order valence-corrected chi connectivity index (χ1v) is 6.42. The minimum Gasteiger partial charge on any atom is -0.356 e. The molecule has 0 bridgehead atoms. The summed E-state index contributed by atoms with van der Waals surface area (Å²) in [6.07, 6.45) is 0.407. The molecule has 0 aliphatic carbocycles. The van der Waals surface area contributed by atoms with Crippen molar-refractivity contribution in [1.82, 2.24) is 15.5 Å². The third-order valence-corrected chi connectivity index (χ3v) is 2.73. The summed E-state index contributed by atoms with van der Waals surface area (Å²) in [6.45, 7) is 1.06. The Balaban J connectivity index is 2.33. The number of carbonyl (C=O) groups excluding carboxylic acids is 1. The van der Waals surface area contributed by atoms with Crippen molar-refractivity contribution in [2.45, 2.75) is 13.0 Å². The van der Waals surface area contributed by atoms with E-state index in [1.165, 1.54) is 12.1 Å². The third kappa shape index (κ3) is 5.69. The first-order chi connectivity index (χ1) is 9.52. The van der Waals surface area contributed by atoms with Gasteiger partial charge in [-0.2, -0.15) is 0 Å². The number of rotatable bonds is 5. The van der Waals surface area contributed by atoms with Gasteiger partial charge in [0, 0.05) is 40.7 Å². The van der Waals surface area contributed by atoms with Gasteiger partial charge in [0.2, 0.25) is 5.91 Å². The normalized spacial score (nSPS) is 11.1. The molecule has 1 amide bonds. The number of carbonyl (C=O) groups is 1. The van der Waals surface area contributed by atoms with Gasteiger partial charge < -0.3 is 15.5 Å². The Morgan fingerprint density at radius 2 is 1.90 bits per heavy atom. The summed E-state index contributed by atoms with van der Waals surface area (Å²) >= 11 is 0. The Kier molecular flexibility index (Phi) is 6.49. The highest BCUT2D eigenvalue weighted by atomic mass is 19.1. The van der Waals surface area contributed by atoms with E-state index >= 15 is 0 Å². The van der Waals surface area contributed by atoms with Gasteiger partial charge in [-0.3, -0.25) is 9.79 Å². The minimum atomic E-state index is -0.251. The predicted octanol–water partition coefficient (Wildman–Crippen LogP) is 0.969. The lowest BCUT2D eigenvalue weighted by Gasteiger charge is -2.13. The number of aliphatic imine (C=N–C) groups is 1. The van der Waals surface area contributed by atoms with Crippen LogP contribution in [-0.4, -0.2) is 44.5 Å². The molecule has 0 atom stereocenters. The van der Waals surface area contributed by atoms with Crippen LogP contribution in [0.2, 0.25) is 0 Å². The van der Waals surface area contributed by atoms with E-state index < -0.39 is 0 Å². The fraction of sp³-hybridized carbons (Fsp3) is 0.429. The SMILES string of the molecule is CN=C(NCCC(=O)N(C)C)NCc1ccc(F)cc1. The van der Waals surface area contributed by atoms with Crippen molar-refractivity contribution >= 4 is 11.9 Å². The van der Waals surface area contributed by atoms with Crippen molar-refractivity contribution < 1.29 is 9.18 Å². The maximum absolute atomic E-state index is 12.8. The molecule has 0 radical (unpaired) electrons. The number of nitrogens with zero attached hydrogens (tertiary/aromatic N) is 2. The number of amides is 1. The van der Waals surface area contributed by atoms with Crippen molar-refractivity contribution in [3.8, 4) is 0 Å². The molecular formula is C14H21FN4O. The highest BCUT2D eigenvalue weighted by Gasteiger charge is 2.04. The van der Waals surface area contributed by atoms with Gasteiger partial charge in [0.15, 0.2) is 5.96 Å². The molecule has 110 valence electrons. The topological polar surface area (TPSA) is 56.7 Å². The Morgan fingerprint density at radius 3 is 2.45 bits per heavy atom. The van der Waals surface area contributed by atoms with Crippen molar-refractivity contribution in [3.63, 3.8) is 0 Å². The van der Waals surface area contributed by atoms with Crippen LogP contribution in [0, 0.1) is 5.82 Å². The molecule has 1 rings (SSSR count). The van der Waals surface area contributed by atoms with Crippen molar-refractivity contribution in [1.29, 1.82) is 0 Å². The molecule has 0 aromatic heterocycles. The van der Waals surface area contributed by atoms with Crippen LogP contribution in [0.3, 0.4) is 0 Å². The van der Waals surface area contributed by atoms with Crippen LogP contribution < -0.4 is 10.6 Å². The highest BCUT2D eigenvalue weighted by Crippen LogP contribution is 2.01. The molecule has 0 aliphatic rings. The van der Waals surface area contributed by atoms with E-state index in [4.69, 9.17) is 0 Å². The van der Waals surface area contributed by atoms with Crippen molar-refractivity contribution in [2.24, 2.45) is 4.99 Å². The van der Waals surface area contributed by atoms with Gasteiger partial charge in [0.1, 0.15) is 5.82 Å². The second kappa shape index (κ2) is 8.14. The van der Waals surface area contributed by atoms with Gasteiger partial charge in [-0.15, -0.1) is 0 Å².